The molecule has 1 heterocycles. The van der Waals surface area contributed by atoms with Gasteiger partial charge in [0.05, 0.1) is 19.3 Å². The van der Waals surface area contributed by atoms with Gasteiger partial charge in [0.25, 0.3) is 0 Å². The molecule has 2 atom stereocenters. The Balaban J connectivity index is 1.98. The van der Waals surface area contributed by atoms with Gasteiger partial charge in [-0.1, -0.05) is 30.7 Å². The summed E-state index contributed by atoms with van der Waals surface area (Å²) < 4.78 is 5.30. The van der Waals surface area contributed by atoms with E-state index < -0.39 is 0 Å². The summed E-state index contributed by atoms with van der Waals surface area (Å²) in [6.45, 7) is 3.86. The molecule has 0 radical (unpaired) electrons. The number of benzene rings is 1. The number of hydrogen-bond acceptors (Lipinski definition) is 3. The molecule has 1 fully saturated rings. The lowest BCUT2D eigenvalue weighted by atomic mass is 10.0. The van der Waals surface area contributed by atoms with Gasteiger partial charge < -0.3 is 15.4 Å². The van der Waals surface area contributed by atoms with E-state index in [4.69, 9.17) is 16.3 Å². The number of hydrogen-bond donors (Lipinski definition) is 2. The number of carbonyl (C=O) groups is 1. The van der Waals surface area contributed by atoms with Crippen molar-refractivity contribution in [3.05, 3.63) is 34.9 Å². The first-order chi connectivity index (χ1) is 9.20. The molecule has 1 amide bonds. The standard InChI is InChI=1S/C14H19ClN2O2/c1-2-12(10-3-5-11(15)6-4-10)17-14(18)13-9-19-8-7-16-13/h3-6,12-13,16H,2,7-9H2,1H3,(H,17,18). The van der Waals surface area contributed by atoms with Gasteiger partial charge in [-0.15, -0.1) is 0 Å². The summed E-state index contributed by atoms with van der Waals surface area (Å²) in [5, 5.41) is 6.90. The van der Waals surface area contributed by atoms with Gasteiger partial charge in [-0.3, -0.25) is 4.79 Å². The van der Waals surface area contributed by atoms with Crippen molar-refractivity contribution >= 4 is 17.5 Å². The molecule has 2 N–H and O–H groups in total. The molecule has 104 valence electrons. The third-order valence-electron chi connectivity index (χ3n) is 3.24. The van der Waals surface area contributed by atoms with Crippen molar-refractivity contribution in [3.63, 3.8) is 0 Å². The topological polar surface area (TPSA) is 50.4 Å². The average Bonchev–Trinajstić information content (AvgIpc) is 2.46. The summed E-state index contributed by atoms with van der Waals surface area (Å²) in [5.74, 6) is -0.0125. The van der Waals surface area contributed by atoms with Gasteiger partial charge >= 0.3 is 0 Å². The van der Waals surface area contributed by atoms with Gasteiger partial charge in [-0.25, -0.2) is 0 Å². The van der Waals surface area contributed by atoms with E-state index in [9.17, 15) is 4.79 Å². The van der Waals surface area contributed by atoms with Crippen LogP contribution in [0.4, 0.5) is 0 Å². The fraction of sp³-hybridized carbons (Fsp3) is 0.500. The van der Waals surface area contributed by atoms with E-state index in [-0.39, 0.29) is 18.0 Å². The van der Waals surface area contributed by atoms with Crippen molar-refractivity contribution in [3.8, 4) is 0 Å². The lowest BCUT2D eigenvalue weighted by Gasteiger charge is -2.26. The van der Waals surface area contributed by atoms with Crippen molar-refractivity contribution in [2.24, 2.45) is 0 Å². The maximum Gasteiger partial charge on any atom is 0.240 e. The number of halogens is 1. The minimum atomic E-state index is -0.255. The van der Waals surface area contributed by atoms with Crippen molar-refractivity contribution in [2.75, 3.05) is 19.8 Å². The Bertz CT molecular complexity index is 416. The van der Waals surface area contributed by atoms with Crippen LogP contribution in [0.1, 0.15) is 24.9 Å². The minimum absolute atomic E-state index is 0.00786. The molecule has 1 aliphatic heterocycles. The molecule has 0 bridgehead atoms. The second-order valence-electron chi connectivity index (χ2n) is 4.60. The normalized spacial score (nSPS) is 20.8. The molecule has 2 rings (SSSR count). The molecule has 19 heavy (non-hydrogen) atoms. The molecule has 1 aromatic rings. The summed E-state index contributed by atoms with van der Waals surface area (Å²) >= 11 is 5.87. The zero-order valence-electron chi connectivity index (χ0n) is 11.0. The third kappa shape index (κ3) is 3.93. The van der Waals surface area contributed by atoms with Gasteiger partial charge in [0.15, 0.2) is 0 Å². The highest BCUT2D eigenvalue weighted by molar-refractivity contribution is 6.30. The molecular formula is C14H19ClN2O2. The predicted molar refractivity (Wildman–Crippen MR) is 75.2 cm³/mol. The van der Waals surface area contributed by atoms with Crippen LogP contribution in [0.5, 0.6) is 0 Å². The number of ether oxygens (including phenoxy) is 1. The summed E-state index contributed by atoms with van der Waals surface area (Å²) in [5.41, 5.74) is 1.07. The van der Waals surface area contributed by atoms with Crippen LogP contribution >= 0.6 is 11.6 Å². The second-order valence-corrected chi connectivity index (χ2v) is 5.04. The van der Waals surface area contributed by atoms with Crippen molar-refractivity contribution in [1.29, 1.82) is 0 Å². The zero-order valence-corrected chi connectivity index (χ0v) is 11.7. The Hall–Kier alpha value is -1.10. The van der Waals surface area contributed by atoms with Crippen LogP contribution in [0.3, 0.4) is 0 Å². The number of morpholine rings is 1. The van der Waals surface area contributed by atoms with Crippen LogP contribution in [0.2, 0.25) is 5.02 Å². The summed E-state index contributed by atoms with van der Waals surface area (Å²) in [7, 11) is 0. The van der Waals surface area contributed by atoms with E-state index >= 15 is 0 Å². The average molecular weight is 283 g/mol. The van der Waals surface area contributed by atoms with Gasteiger partial charge in [0.1, 0.15) is 6.04 Å². The van der Waals surface area contributed by atoms with Crippen LogP contribution in [0.25, 0.3) is 0 Å². The van der Waals surface area contributed by atoms with Gasteiger partial charge in [-0.05, 0) is 24.1 Å². The molecule has 0 saturated carbocycles. The molecule has 0 aromatic heterocycles. The molecule has 1 aromatic carbocycles. The van der Waals surface area contributed by atoms with E-state index in [1.165, 1.54) is 0 Å². The van der Waals surface area contributed by atoms with Crippen molar-refractivity contribution in [2.45, 2.75) is 25.4 Å². The van der Waals surface area contributed by atoms with Crippen LogP contribution in [0.15, 0.2) is 24.3 Å². The first-order valence-corrected chi connectivity index (χ1v) is 6.95. The highest BCUT2D eigenvalue weighted by Gasteiger charge is 2.23. The maximum atomic E-state index is 12.1. The second kappa shape index (κ2) is 6.89. The maximum absolute atomic E-state index is 12.1. The fourth-order valence-electron chi connectivity index (χ4n) is 2.12. The van der Waals surface area contributed by atoms with Gasteiger partial charge in [-0.2, -0.15) is 0 Å². The van der Waals surface area contributed by atoms with E-state index in [2.05, 4.69) is 10.6 Å². The number of nitrogens with one attached hydrogen (secondary N) is 2. The summed E-state index contributed by atoms with van der Waals surface area (Å²) in [4.78, 5) is 12.1. The fourth-order valence-corrected chi connectivity index (χ4v) is 2.25. The Kier molecular flexibility index (Phi) is 5.19. The van der Waals surface area contributed by atoms with Crippen LogP contribution in [-0.4, -0.2) is 31.7 Å². The van der Waals surface area contributed by atoms with Gasteiger partial charge in [0, 0.05) is 11.6 Å². The van der Waals surface area contributed by atoms with E-state index in [0.717, 1.165) is 18.5 Å². The summed E-state index contributed by atoms with van der Waals surface area (Å²) in [6, 6.07) is 7.33. The zero-order chi connectivity index (χ0) is 13.7. The SMILES string of the molecule is CCC(NC(=O)C1COCCN1)c1ccc(Cl)cc1. The lowest BCUT2D eigenvalue weighted by Crippen LogP contribution is -2.51. The lowest BCUT2D eigenvalue weighted by molar-refractivity contribution is -0.126. The third-order valence-corrected chi connectivity index (χ3v) is 3.49. The molecule has 0 spiro atoms. The molecule has 5 heteroatoms. The first-order valence-electron chi connectivity index (χ1n) is 6.57. The number of carbonyl (C=O) groups excluding carboxylic acids is 1. The Labute approximate surface area is 118 Å². The predicted octanol–water partition coefficient (Wildman–Crippen LogP) is 1.90. The van der Waals surface area contributed by atoms with Crippen LogP contribution in [0, 0.1) is 0 Å². The largest absolute Gasteiger partial charge is 0.378 e. The molecule has 1 aliphatic rings. The quantitative estimate of drug-likeness (QED) is 0.887. The minimum Gasteiger partial charge on any atom is -0.378 e. The van der Waals surface area contributed by atoms with E-state index in [1.807, 2.05) is 31.2 Å². The molecular weight excluding hydrogens is 264 g/mol. The van der Waals surface area contributed by atoms with Crippen molar-refractivity contribution in [1.82, 2.24) is 10.6 Å². The number of amides is 1. The van der Waals surface area contributed by atoms with E-state index in [1.54, 1.807) is 0 Å². The van der Waals surface area contributed by atoms with Crippen LogP contribution < -0.4 is 10.6 Å². The Morgan fingerprint density at radius 3 is 2.84 bits per heavy atom. The monoisotopic (exact) mass is 282 g/mol. The van der Waals surface area contributed by atoms with Gasteiger partial charge in [0.2, 0.25) is 5.91 Å². The van der Waals surface area contributed by atoms with Crippen LogP contribution in [-0.2, 0) is 9.53 Å². The first kappa shape index (κ1) is 14.3. The highest BCUT2D eigenvalue weighted by atomic mass is 35.5. The molecule has 2 unspecified atom stereocenters. The van der Waals surface area contributed by atoms with E-state index in [0.29, 0.717) is 18.2 Å². The molecule has 1 saturated heterocycles. The Morgan fingerprint density at radius 1 is 1.53 bits per heavy atom. The highest BCUT2D eigenvalue weighted by Crippen LogP contribution is 2.19. The Morgan fingerprint density at radius 2 is 2.26 bits per heavy atom. The smallest absolute Gasteiger partial charge is 0.240 e. The summed E-state index contributed by atoms with van der Waals surface area (Å²) in [6.07, 6.45) is 0.834. The molecule has 4 nitrogen and oxygen atoms in total. The number of rotatable bonds is 4. The molecule has 0 aliphatic carbocycles. The van der Waals surface area contributed by atoms with Crippen molar-refractivity contribution < 1.29 is 9.53 Å².